The summed E-state index contributed by atoms with van der Waals surface area (Å²) in [6.07, 6.45) is 1.97. The van der Waals surface area contributed by atoms with E-state index in [1.54, 1.807) is 19.2 Å². The summed E-state index contributed by atoms with van der Waals surface area (Å²) in [5.41, 5.74) is 0.721. The Balaban J connectivity index is 2.13. The number of imide groups is 1. The zero-order valence-electron chi connectivity index (χ0n) is 8.81. The summed E-state index contributed by atoms with van der Waals surface area (Å²) in [4.78, 5) is 28.6. The van der Waals surface area contributed by atoms with Gasteiger partial charge in [-0.2, -0.15) is 0 Å². The number of pyridine rings is 1. The maximum atomic E-state index is 11.7. The second kappa shape index (κ2) is 4.33. The van der Waals surface area contributed by atoms with E-state index in [4.69, 9.17) is 0 Å². The third-order valence-corrected chi connectivity index (χ3v) is 3.05. The smallest absolute Gasteiger partial charge is 0.232 e. The van der Waals surface area contributed by atoms with Gasteiger partial charge in [0.2, 0.25) is 11.8 Å². The molecule has 1 atom stereocenters. The molecule has 0 N–H and O–H groups in total. The van der Waals surface area contributed by atoms with Crippen LogP contribution in [0.25, 0.3) is 0 Å². The number of nitrogens with zero attached hydrogens (tertiary/aromatic N) is 2. The number of aromatic nitrogens is 1. The van der Waals surface area contributed by atoms with Crippen molar-refractivity contribution in [1.82, 2.24) is 9.88 Å². The zero-order chi connectivity index (χ0) is 11.7. The van der Waals surface area contributed by atoms with Crippen LogP contribution in [0.1, 0.15) is 19.0 Å². The molecule has 0 radical (unpaired) electrons. The number of hydrogen-bond acceptors (Lipinski definition) is 3. The van der Waals surface area contributed by atoms with Crippen LogP contribution >= 0.6 is 15.9 Å². The number of halogens is 1. The van der Waals surface area contributed by atoms with Gasteiger partial charge in [-0.1, -0.05) is 6.92 Å². The van der Waals surface area contributed by atoms with Gasteiger partial charge in [-0.3, -0.25) is 19.5 Å². The fourth-order valence-electron chi connectivity index (χ4n) is 1.68. The highest BCUT2D eigenvalue weighted by Crippen LogP contribution is 2.20. The van der Waals surface area contributed by atoms with Gasteiger partial charge in [0.1, 0.15) is 0 Å². The van der Waals surface area contributed by atoms with Gasteiger partial charge in [0.15, 0.2) is 0 Å². The molecule has 5 heteroatoms. The molecule has 1 aromatic heterocycles. The minimum absolute atomic E-state index is 0.102. The minimum Gasteiger partial charge on any atom is -0.276 e. The molecule has 1 aliphatic heterocycles. The van der Waals surface area contributed by atoms with E-state index in [1.807, 2.05) is 6.07 Å². The monoisotopic (exact) mass is 282 g/mol. The number of rotatable bonds is 2. The molecule has 0 spiro atoms. The molecular formula is C11H11BrN2O2. The minimum atomic E-state index is -0.192. The Morgan fingerprint density at radius 2 is 2.25 bits per heavy atom. The molecule has 1 aliphatic rings. The molecule has 0 aliphatic carbocycles. The van der Waals surface area contributed by atoms with Gasteiger partial charge in [0.25, 0.3) is 0 Å². The van der Waals surface area contributed by atoms with Crippen molar-refractivity contribution in [3.05, 3.63) is 28.5 Å². The maximum Gasteiger partial charge on any atom is 0.232 e. The molecule has 2 amide bonds. The standard InChI is InChI=1S/C11H11BrN2O2/c1-7-4-10(15)14(11(7)16)6-9-3-2-8(12)5-13-9/h2-3,5,7H,4,6H2,1H3. The molecule has 0 saturated carbocycles. The Kier molecular flexibility index (Phi) is 3.05. The van der Waals surface area contributed by atoms with Crippen molar-refractivity contribution in [2.24, 2.45) is 5.92 Å². The summed E-state index contributed by atoms with van der Waals surface area (Å²) in [5.74, 6) is -0.403. The fraction of sp³-hybridized carbons (Fsp3) is 0.364. The van der Waals surface area contributed by atoms with Gasteiger partial charge in [-0.05, 0) is 28.1 Å². The lowest BCUT2D eigenvalue weighted by atomic mass is 10.1. The highest BCUT2D eigenvalue weighted by molar-refractivity contribution is 9.10. The fourth-order valence-corrected chi connectivity index (χ4v) is 1.91. The van der Waals surface area contributed by atoms with Gasteiger partial charge in [0.05, 0.1) is 12.2 Å². The third-order valence-electron chi connectivity index (χ3n) is 2.58. The molecule has 2 heterocycles. The molecule has 1 aromatic rings. The molecule has 84 valence electrons. The van der Waals surface area contributed by atoms with Crippen LogP contribution in [0.3, 0.4) is 0 Å². The lowest BCUT2D eigenvalue weighted by molar-refractivity contribution is -0.139. The molecule has 16 heavy (non-hydrogen) atoms. The molecular weight excluding hydrogens is 272 g/mol. The molecule has 1 saturated heterocycles. The summed E-state index contributed by atoms with van der Waals surface area (Å²) < 4.78 is 0.878. The first-order chi connectivity index (χ1) is 7.58. The van der Waals surface area contributed by atoms with Crippen LogP contribution in [-0.4, -0.2) is 21.7 Å². The largest absolute Gasteiger partial charge is 0.276 e. The number of hydrogen-bond donors (Lipinski definition) is 0. The van der Waals surface area contributed by atoms with Crippen LogP contribution in [0.4, 0.5) is 0 Å². The number of carbonyl (C=O) groups is 2. The van der Waals surface area contributed by atoms with Crippen molar-refractivity contribution >= 4 is 27.7 Å². The Morgan fingerprint density at radius 1 is 1.50 bits per heavy atom. The van der Waals surface area contributed by atoms with E-state index in [-0.39, 0.29) is 24.3 Å². The van der Waals surface area contributed by atoms with Crippen LogP contribution in [0.2, 0.25) is 0 Å². The van der Waals surface area contributed by atoms with Crippen molar-refractivity contribution < 1.29 is 9.59 Å². The Hall–Kier alpha value is -1.23. The van der Waals surface area contributed by atoms with Gasteiger partial charge in [-0.15, -0.1) is 0 Å². The second-order valence-corrected chi connectivity index (χ2v) is 4.81. The Morgan fingerprint density at radius 3 is 2.75 bits per heavy atom. The van der Waals surface area contributed by atoms with Crippen LogP contribution in [-0.2, 0) is 16.1 Å². The van der Waals surface area contributed by atoms with Gasteiger partial charge in [-0.25, -0.2) is 0 Å². The normalized spacial score (nSPS) is 20.6. The highest BCUT2D eigenvalue weighted by atomic mass is 79.9. The number of likely N-dealkylation sites (tertiary alicyclic amines) is 1. The average molecular weight is 283 g/mol. The van der Waals surface area contributed by atoms with E-state index in [0.717, 1.165) is 10.2 Å². The van der Waals surface area contributed by atoms with E-state index in [2.05, 4.69) is 20.9 Å². The molecule has 4 nitrogen and oxygen atoms in total. The first-order valence-corrected chi connectivity index (χ1v) is 5.82. The highest BCUT2D eigenvalue weighted by Gasteiger charge is 2.35. The topological polar surface area (TPSA) is 50.3 Å². The molecule has 1 unspecified atom stereocenters. The first-order valence-electron chi connectivity index (χ1n) is 5.02. The lowest BCUT2D eigenvalue weighted by Crippen LogP contribution is -2.30. The molecule has 0 aromatic carbocycles. The van der Waals surface area contributed by atoms with Crippen LogP contribution < -0.4 is 0 Å². The van der Waals surface area contributed by atoms with Crippen molar-refractivity contribution in [3.8, 4) is 0 Å². The first kappa shape index (κ1) is 11.3. The maximum absolute atomic E-state index is 11.7. The summed E-state index contributed by atoms with van der Waals surface area (Å²) in [6.45, 7) is 2.05. The molecule has 0 bridgehead atoms. The van der Waals surface area contributed by atoms with E-state index in [0.29, 0.717) is 6.42 Å². The Bertz CT molecular complexity index is 430. The molecule has 2 rings (SSSR count). The summed E-state index contributed by atoms with van der Waals surface area (Å²) in [7, 11) is 0. The van der Waals surface area contributed by atoms with Gasteiger partial charge in [0, 0.05) is 23.0 Å². The second-order valence-electron chi connectivity index (χ2n) is 3.89. The molecule has 1 fully saturated rings. The number of carbonyl (C=O) groups excluding carboxylic acids is 2. The van der Waals surface area contributed by atoms with E-state index in [9.17, 15) is 9.59 Å². The van der Waals surface area contributed by atoms with Gasteiger partial charge >= 0.3 is 0 Å². The van der Waals surface area contributed by atoms with Crippen molar-refractivity contribution in [1.29, 1.82) is 0 Å². The summed E-state index contributed by atoms with van der Waals surface area (Å²) >= 11 is 3.28. The predicted octanol–water partition coefficient (Wildman–Crippen LogP) is 1.74. The van der Waals surface area contributed by atoms with Crippen LogP contribution in [0, 0.1) is 5.92 Å². The third kappa shape index (κ3) is 2.14. The number of amides is 2. The van der Waals surface area contributed by atoms with E-state index >= 15 is 0 Å². The average Bonchev–Trinajstić information content (AvgIpc) is 2.48. The summed E-state index contributed by atoms with van der Waals surface area (Å²) in [6, 6.07) is 3.64. The van der Waals surface area contributed by atoms with Crippen molar-refractivity contribution in [2.75, 3.05) is 0 Å². The Labute approximate surface area is 102 Å². The van der Waals surface area contributed by atoms with Gasteiger partial charge < -0.3 is 0 Å². The van der Waals surface area contributed by atoms with E-state index < -0.39 is 0 Å². The van der Waals surface area contributed by atoms with Crippen LogP contribution in [0.5, 0.6) is 0 Å². The predicted molar refractivity (Wildman–Crippen MR) is 61.3 cm³/mol. The quantitative estimate of drug-likeness (QED) is 0.777. The van der Waals surface area contributed by atoms with Crippen molar-refractivity contribution in [3.63, 3.8) is 0 Å². The lowest BCUT2D eigenvalue weighted by Gasteiger charge is -2.13. The summed E-state index contributed by atoms with van der Waals surface area (Å²) in [5, 5.41) is 0. The van der Waals surface area contributed by atoms with Crippen LogP contribution in [0.15, 0.2) is 22.8 Å². The van der Waals surface area contributed by atoms with E-state index in [1.165, 1.54) is 4.90 Å². The van der Waals surface area contributed by atoms with Crippen molar-refractivity contribution in [2.45, 2.75) is 19.9 Å². The SMILES string of the molecule is CC1CC(=O)N(Cc2ccc(Br)cn2)C1=O. The zero-order valence-corrected chi connectivity index (χ0v) is 10.4.